The Morgan fingerprint density at radius 3 is 2.30 bits per heavy atom. The van der Waals surface area contributed by atoms with Crippen LogP contribution >= 0.6 is 0 Å². The predicted molar refractivity (Wildman–Crippen MR) is 108 cm³/mol. The highest BCUT2D eigenvalue weighted by Gasteiger charge is 2.13. The second-order valence-electron chi connectivity index (χ2n) is 6.65. The van der Waals surface area contributed by atoms with Gasteiger partial charge in [-0.05, 0) is 50.6 Å². The number of carbonyl (C=O) groups excluding carboxylic acids is 2. The molecule has 0 heterocycles. The number of esters is 1. The van der Waals surface area contributed by atoms with Crippen molar-refractivity contribution in [3.8, 4) is 0 Å². The SMILES string of the molecule is CCOC(=O)c1ccc(NC(=O)CCN(Cc2ccccc2)C(C)C)cc1. The zero-order chi connectivity index (χ0) is 19.6. The normalized spacial score (nSPS) is 10.9. The molecule has 0 unspecified atom stereocenters. The Hall–Kier alpha value is -2.66. The fourth-order valence-corrected chi connectivity index (χ4v) is 2.71. The van der Waals surface area contributed by atoms with Crippen molar-refractivity contribution in [1.82, 2.24) is 4.90 Å². The van der Waals surface area contributed by atoms with Gasteiger partial charge in [-0.15, -0.1) is 0 Å². The number of nitrogens with one attached hydrogen (secondary N) is 1. The van der Waals surface area contributed by atoms with Crippen molar-refractivity contribution in [3.05, 3.63) is 65.7 Å². The van der Waals surface area contributed by atoms with Crippen molar-refractivity contribution in [2.24, 2.45) is 0 Å². The summed E-state index contributed by atoms with van der Waals surface area (Å²) in [4.78, 5) is 26.2. The first kappa shape index (κ1) is 20.6. The third-order valence-electron chi connectivity index (χ3n) is 4.26. The number of anilines is 1. The minimum absolute atomic E-state index is 0.0439. The van der Waals surface area contributed by atoms with Gasteiger partial charge in [0, 0.05) is 31.2 Å². The van der Waals surface area contributed by atoms with Crippen molar-refractivity contribution in [2.75, 3.05) is 18.5 Å². The third kappa shape index (κ3) is 6.87. The number of nitrogens with zero attached hydrogens (tertiary/aromatic N) is 1. The molecule has 0 radical (unpaired) electrons. The number of hydrogen-bond acceptors (Lipinski definition) is 4. The maximum atomic E-state index is 12.3. The molecule has 0 saturated heterocycles. The maximum absolute atomic E-state index is 12.3. The predicted octanol–water partition coefficient (Wildman–Crippen LogP) is 4.10. The van der Waals surface area contributed by atoms with E-state index in [1.807, 2.05) is 18.2 Å². The molecule has 2 rings (SSSR count). The molecule has 2 aromatic rings. The van der Waals surface area contributed by atoms with Gasteiger partial charge in [-0.25, -0.2) is 4.79 Å². The molecule has 1 N–H and O–H groups in total. The van der Waals surface area contributed by atoms with Gasteiger partial charge in [0.2, 0.25) is 5.91 Å². The minimum Gasteiger partial charge on any atom is -0.462 e. The summed E-state index contributed by atoms with van der Waals surface area (Å²) in [6.45, 7) is 7.88. The Labute approximate surface area is 161 Å². The smallest absolute Gasteiger partial charge is 0.338 e. The Morgan fingerprint density at radius 1 is 1.04 bits per heavy atom. The van der Waals surface area contributed by atoms with Crippen LogP contribution in [0.1, 0.15) is 43.1 Å². The molecule has 0 bridgehead atoms. The van der Waals surface area contributed by atoms with Gasteiger partial charge in [0.25, 0.3) is 0 Å². The average molecular weight is 368 g/mol. The summed E-state index contributed by atoms with van der Waals surface area (Å²) in [6.07, 6.45) is 0.407. The fourth-order valence-electron chi connectivity index (χ4n) is 2.71. The summed E-state index contributed by atoms with van der Waals surface area (Å²) in [5.41, 5.74) is 2.39. The molecule has 2 aromatic carbocycles. The molecule has 0 aliphatic heterocycles. The first-order valence-electron chi connectivity index (χ1n) is 9.34. The number of hydrogen-bond donors (Lipinski definition) is 1. The van der Waals surface area contributed by atoms with Gasteiger partial charge in [0.1, 0.15) is 0 Å². The molecule has 1 amide bonds. The lowest BCUT2D eigenvalue weighted by Crippen LogP contribution is -2.33. The van der Waals surface area contributed by atoms with Crippen LogP contribution in [0.15, 0.2) is 54.6 Å². The van der Waals surface area contributed by atoms with E-state index in [0.29, 0.717) is 36.9 Å². The van der Waals surface area contributed by atoms with Crippen LogP contribution in [0, 0.1) is 0 Å². The molecule has 144 valence electrons. The quantitative estimate of drug-likeness (QED) is 0.677. The number of amides is 1. The number of carbonyl (C=O) groups is 2. The van der Waals surface area contributed by atoms with E-state index < -0.39 is 0 Å². The summed E-state index contributed by atoms with van der Waals surface area (Å²) in [5, 5.41) is 2.88. The van der Waals surface area contributed by atoms with Crippen LogP contribution in [-0.2, 0) is 16.1 Å². The molecule has 0 spiro atoms. The number of ether oxygens (including phenoxy) is 1. The van der Waals surface area contributed by atoms with Crippen LogP contribution in [0.4, 0.5) is 5.69 Å². The maximum Gasteiger partial charge on any atom is 0.338 e. The summed E-state index contributed by atoms with van der Waals surface area (Å²) < 4.78 is 4.95. The van der Waals surface area contributed by atoms with Crippen LogP contribution in [0.25, 0.3) is 0 Å². The van der Waals surface area contributed by atoms with Crippen LogP contribution in [-0.4, -0.2) is 36.0 Å². The second kappa shape index (κ2) is 10.5. The van der Waals surface area contributed by atoms with E-state index in [9.17, 15) is 9.59 Å². The first-order chi connectivity index (χ1) is 13.0. The van der Waals surface area contributed by atoms with Crippen molar-refractivity contribution in [2.45, 2.75) is 39.8 Å². The highest BCUT2D eigenvalue weighted by molar-refractivity contribution is 5.93. The number of benzene rings is 2. The Morgan fingerprint density at radius 2 is 1.70 bits per heavy atom. The van der Waals surface area contributed by atoms with Gasteiger partial charge in [-0.3, -0.25) is 9.69 Å². The van der Waals surface area contributed by atoms with E-state index in [-0.39, 0.29) is 11.9 Å². The van der Waals surface area contributed by atoms with Crippen molar-refractivity contribution >= 4 is 17.6 Å². The Bertz CT molecular complexity index is 727. The molecule has 0 aliphatic rings. The topological polar surface area (TPSA) is 58.6 Å². The Kier molecular flexibility index (Phi) is 8.01. The zero-order valence-corrected chi connectivity index (χ0v) is 16.3. The van der Waals surface area contributed by atoms with Gasteiger partial charge in [0.15, 0.2) is 0 Å². The molecule has 5 heteroatoms. The molecule has 0 aromatic heterocycles. The van der Waals surface area contributed by atoms with Crippen molar-refractivity contribution in [3.63, 3.8) is 0 Å². The lowest BCUT2D eigenvalue weighted by Gasteiger charge is -2.26. The Balaban J connectivity index is 1.85. The standard InChI is InChI=1S/C22H28N2O3/c1-4-27-22(26)19-10-12-20(13-11-19)23-21(25)14-15-24(17(2)3)16-18-8-6-5-7-9-18/h5-13,17H,4,14-16H2,1-3H3,(H,23,25). The average Bonchev–Trinajstić information content (AvgIpc) is 2.66. The minimum atomic E-state index is -0.358. The lowest BCUT2D eigenvalue weighted by molar-refractivity contribution is -0.116. The molecule has 27 heavy (non-hydrogen) atoms. The molecule has 0 atom stereocenters. The fraction of sp³-hybridized carbons (Fsp3) is 0.364. The summed E-state index contributed by atoms with van der Waals surface area (Å²) >= 11 is 0. The largest absolute Gasteiger partial charge is 0.462 e. The second-order valence-corrected chi connectivity index (χ2v) is 6.65. The van der Waals surface area contributed by atoms with Gasteiger partial charge >= 0.3 is 5.97 Å². The molecular formula is C22H28N2O3. The van der Waals surface area contributed by atoms with E-state index >= 15 is 0 Å². The summed E-state index contributed by atoms with van der Waals surface area (Å²) in [7, 11) is 0. The van der Waals surface area contributed by atoms with Crippen LogP contribution in [0.3, 0.4) is 0 Å². The van der Waals surface area contributed by atoms with E-state index in [0.717, 1.165) is 6.54 Å². The van der Waals surface area contributed by atoms with Crippen molar-refractivity contribution in [1.29, 1.82) is 0 Å². The van der Waals surface area contributed by atoms with E-state index in [1.165, 1.54) is 5.56 Å². The highest BCUT2D eigenvalue weighted by atomic mass is 16.5. The molecule has 0 fully saturated rings. The monoisotopic (exact) mass is 368 g/mol. The van der Waals surface area contributed by atoms with E-state index in [1.54, 1.807) is 31.2 Å². The van der Waals surface area contributed by atoms with Gasteiger partial charge in [-0.1, -0.05) is 30.3 Å². The van der Waals surface area contributed by atoms with Crippen LogP contribution < -0.4 is 5.32 Å². The number of rotatable bonds is 9. The van der Waals surface area contributed by atoms with Crippen LogP contribution in [0.5, 0.6) is 0 Å². The van der Waals surface area contributed by atoms with Gasteiger partial charge in [0.05, 0.1) is 12.2 Å². The molecular weight excluding hydrogens is 340 g/mol. The molecule has 0 saturated carbocycles. The van der Waals surface area contributed by atoms with Gasteiger partial charge in [-0.2, -0.15) is 0 Å². The highest BCUT2D eigenvalue weighted by Crippen LogP contribution is 2.12. The molecule has 0 aliphatic carbocycles. The summed E-state index contributed by atoms with van der Waals surface area (Å²) in [6, 6.07) is 17.4. The summed E-state index contributed by atoms with van der Waals surface area (Å²) in [5.74, 6) is -0.401. The van der Waals surface area contributed by atoms with E-state index in [2.05, 4.69) is 36.2 Å². The lowest BCUT2D eigenvalue weighted by atomic mass is 10.1. The zero-order valence-electron chi connectivity index (χ0n) is 16.3. The van der Waals surface area contributed by atoms with Crippen LogP contribution in [0.2, 0.25) is 0 Å². The van der Waals surface area contributed by atoms with Crippen molar-refractivity contribution < 1.29 is 14.3 Å². The third-order valence-corrected chi connectivity index (χ3v) is 4.26. The van der Waals surface area contributed by atoms with E-state index in [4.69, 9.17) is 4.74 Å². The first-order valence-corrected chi connectivity index (χ1v) is 9.34. The van der Waals surface area contributed by atoms with Gasteiger partial charge < -0.3 is 10.1 Å². The molecule has 5 nitrogen and oxygen atoms in total.